The van der Waals surface area contributed by atoms with Crippen LogP contribution in [0.4, 0.5) is 17.2 Å². The molecule has 154 valence electrons. The van der Waals surface area contributed by atoms with E-state index in [0.717, 1.165) is 5.69 Å². The van der Waals surface area contributed by atoms with Gasteiger partial charge in [0.15, 0.2) is 5.82 Å². The van der Waals surface area contributed by atoms with E-state index in [1.807, 2.05) is 13.0 Å². The molecular weight excluding hydrogens is 388 g/mol. The van der Waals surface area contributed by atoms with Gasteiger partial charge in [0, 0.05) is 49.7 Å². The number of carbonyl (C=O) groups excluding carboxylic acids is 2. The molecule has 0 unspecified atom stereocenters. The Morgan fingerprint density at radius 1 is 1.23 bits per heavy atom. The van der Waals surface area contributed by atoms with Gasteiger partial charge >= 0.3 is 0 Å². The number of hydrogen-bond acceptors (Lipinski definition) is 7. The van der Waals surface area contributed by atoms with Gasteiger partial charge in [-0.15, -0.1) is 0 Å². The summed E-state index contributed by atoms with van der Waals surface area (Å²) in [7, 11) is 1.67. The first-order valence-corrected chi connectivity index (χ1v) is 9.13. The molecule has 0 aliphatic rings. The Morgan fingerprint density at radius 3 is 2.70 bits per heavy atom. The number of ketones is 1. The van der Waals surface area contributed by atoms with Crippen molar-refractivity contribution in [2.75, 3.05) is 17.2 Å². The topological polar surface area (TPSA) is 132 Å². The maximum absolute atomic E-state index is 12.5. The van der Waals surface area contributed by atoms with Crippen LogP contribution in [0.15, 0.2) is 48.8 Å². The van der Waals surface area contributed by atoms with E-state index in [2.05, 4.69) is 20.6 Å². The third-order valence-electron chi connectivity index (χ3n) is 4.30. The minimum atomic E-state index is -0.575. The summed E-state index contributed by atoms with van der Waals surface area (Å²) in [4.78, 5) is 43.6. The zero-order chi connectivity index (χ0) is 21.7. The van der Waals surface area contributed by atoms with Crippen molar-refractivity contribution in [3.63, 3.8) is 0 Å². The predicted molar refractivity (Wildman–Crippen MR) is 110 cm³/mol. The second-order valence-corrected chi connectivity index (χ2v) is 6.57. The highest BCUT2D eigenvalue weighted by Gasteiger charge is 2.20. The highest BCUT2D eigenvalue weighted by molar-refractivity contribution is 6.07. The SMILES string of the molecule is Cc1cccc(NC(=O)CCNc2ccc(C(=O)c3nccn3C)cc2[N+](=O)[O-])n1. The number of benzene rings is 1. The number of pyridine rings is 1. The van der Waals surface area contributed by atoms with Crippen molar-refractivity contribution >= 4 is 28.9 Å². The van der Waals surface area contributed by atoms with E-state index in [9.17, 15) is 19.7 Å². The first-order chi connectivity index (χ1) is 14.3. The van der Waals surface area contributed by atoms with Gasteiger partial charge in [-0.3, -0.25) is 19.7 Å². The van der Waals surface area contributed by atoms with Crippen LogP contribution < -0.4 is 10.6 Å². The van der Waals surface area contributed by atoms with Crippen LogP contribution in [0.1, 0.15) is 28.3 Å². The van der Waals surface area contributed by atoms with E-state index in [-0.39, 0.29) is 41.6 Å². The number of nitrogens with zero attached hydrogens (tertiary/aromatic N) is 4. The number of imidazole rings is 1. The number of nitrogens with one attached hydrogen (secondary N) is 2. The second-order valence-electron chi connectivity index (χ2n) is 6.57. The number of aryl methyl sites for hydroxylation is 2. The standard InChI is InChI=1S/C20H20N6O4/c1-13-4-3-5-17(23-13)24-18(27)8-9-21-15-7-6-14(12-16(15)26(29)30)19(28)20-22-10-11-25(20)2/h3-7,10-12,21H,8-9H2,1-2H3,(H,23,24,27). The van der Waals surface area contributed by atoms with Crippen molar-refractivity contribution in [3.8, 4) is 0 Å². The summed E-state index contributed by atoms with van der Waals surface area (Å²) < 4.78 is 1.54. The maximum Gasteiger partial charge on any atom is 0.293 e. The fraction of sp³-hybridized carbons (Fsp3) is 0.200. The number of nitro groups is 1. The maximum atomic E-state index is 12.5. The van der Waals surface area contributed by atoms with E-state index < -0.39 is 10.7 Å². The molecule has 0 bridgehead atoms. The van der Waals surface area contributed by atoms with Gasteiger partial charge in [-0.1, -0.05) is 6.07 Å². The van der Waals surface area contributed by atoms with E-state index in [0.29, 0.717) is 5.82 Å². The Labute approximate surface area is 172 Å². The molecule has 0 atom stereocenters. The first kappa shape index (κ1) is 20.6. The molecule has 3 rings (SSSR count). The van der Waals surface area contributed by atoms with Crippen LogP contribution >= 0.6 is 0 Å². The Balaban J connectivity index is 1.65. The number of amides is 1. The van der Waals surface area contributed by atoms with Crippen LogP contribution in [0.2, 0.25) is 0 Å². The zero-order valence-corrected chi connectivity index (χ0v) is 16.5. The number of carbonyl (C=O) groups is 2. The van der Waals surface area contributed by atoms with Crippen LogP contribution in [0.3, 0.4) is 0 Å². The van der Waals surface area contributed by atoms with Gasteiger partial charge in [0.1, 0.15) is 11.5 Å². The summed E-state index contributed by atoms with van der Waals surface area (Å²) in [5.74, 6) is -0.0541. The number of nitro benzene ring substituents is 1. The molecule has 0 fully saturated rings. The van der Waals surface area contributed by atoms with Crippen molar-refractivity contribution in [1.82, 2.24) is 14.5 Å². The summed E-state index contributed by atoms with van der Waals surface area (Å²) in [6, 6.07) is 9.43. The normalized spacial score (nSPS) is 10.5. The van der Waals surface area contributed by atoms with Gasteiger partial charge in [0.05, 0.1) is 4.92 Å². The molecule has 0 saturated heterocycles. The van der Waals surface area contributed by atoms with Gasteiger partial charge in [-0.05, 0) is 31.2 Å². The summed E-state index contributed by atoms with van der Waals surface area (Å²) in [6.45, 7) is 1.99. The number of anilines is 2. The molecule has 2 aromatic heterocycles. The Morgan fingerprint density at radius 2 is 2.03 bits per heavy atom. The Kier molecular flexibility index (Phi) is 6.16. The minimum absolute atomic E-state index is 0.0841. The van der Waals surface area contributed by atoms with Crippen LogP contribution in [0, 0.1) is 17.0 Å². The van der Waals surface area contributed by atoms with Crippen LogP contribution in [0.25, 0.3) is 0 Å². The molecule has 1 aromatic carbocycles. The predicted octanol–water partition coefficient (Wildman–Crippen LogP) is 2.70. The molecule has 2 heterocycles. The molecule has 0 saturated carbocycles. The molecule has 0 aliphatic carbocycles. The first-order valence-electron chi connectivity index (χ1n) is 9.13. The van der Waals surface area contributed by atoms with Crippen molar-refractivity contribution in [2.24, 2.45) is 7.05 Å². The lowest BCUT2D eigenvalue weighted by Gasteiger charge is -2.09. The smallest absolute Gasteiger partial charge is 0.293 e. The monoisotopic (exact) mass is 408 g/mol. The third kappa shape index (κ3) is 4.85. The van der Waals surface area contributed by atoms with Crippen molar-refractivity contribution in [2.45, 2.75) is 13.3 Å². The van der Waals surface area contributed by atoms with Gasteiger partial charge in [-0.2, -0.15) is 0 Å². The lowest BCUT2D eigenvalue weighted by atomic mass is 10.1. The average Bonchev–Trinajstić information content (AvgIpc) is 3.13. The fourth-order valence-electron chi connectivity index (χ4n) is 2.82. The van der Waals surface area contributed by atoms with Gasteiger partial charge in [0.25, 0.3) is 5.69 Å². The Hall–Kier alpha value is -4.08. The number of hydrogen-bond donors (Lipinski definition) is 2. The van der Waals surface area contributed by atoms with Crippen molar-refractivity contribution in [3.05, 3.63) is 76.0 Å². The lowest BCUT2D eigenvalue weighted by Crippen LogP contribution is -2.17. The van der Waals surface area contributed by atoms with Crippen molar-refractivity contribution < 1.29 is 14.5 Å². The third-order valence-corrected chi connectivity index (χ3v) is 4.30. The van der Waals surface area contributed by atoms with E-state index in [1.54, 1.807) is 29.9 Å². The average molecular weight is 408 g/mol. The van der Waals surface area contributed by atoms with E-state index in [4.69, 9.17) is 0 Å². The van der Waals surface area contributed by atoms with Crippen LogP contribution in [-0.4, -0.2) is 37.7 Å². The molecule has 0 aliphatic heterocycles. The molecule has 1 amide bonds. The molecule has 30 heavy (non-hydrogen) atoms. The van der Waals surface area contributed by atoms with Crippen LogP contribution in [-0.2, 0) is 11.8 Å². The van der Waals surface area contributed by atoms with Gasteiger partial charge < -0.3 is 15.2 Å². The van der Waals surface area contributed by atoms with Gasteiger partial charge in [-0.25, -0.2) is 9.97 Å². The molecule has 0 spiro atoms. The highest BCUT2D eigenvalue weighted by Crippen LogP contribution is 2.26. The van der Waals surface area contributed by atoms with Crippen molar-refractivity contribution in [1.29, 1.82) is 0 Å². The molecule has 3 aromatic rings. The molecular formula is C20H20N6O4. The quantitative estimate of drug-likeness (QED) is 0.333. The zero-order valence-electron chi connectivity index (χ0n) is 16.5. The summed E-state index contributed by atoms with van der Waals surface area (Å²) in [5, 5.41) is 17.0. The fourth-order valence-corrected chi connectivity index (χ4v) is 2.82. The van der Waals surface area contributed by atoms with E-state index >= 15 is 0 Å². The lowest BCUT2D eigenvalue weighted by molar-refractivity contribution is -0.384. The summed E-state index contributed by atoms with van der Waals surface area (Å²) >= 11 is 0. The van der Waals surface area contributed by atoms with Crippen LogP contribution in [0.5, 0.6) is 0 Å². The molecule has 0 radical (unpaired) electrons. The molecule has 10 heteroatoms. The van der Waals surface area contributed by atoms with Gasteiger partial charge in [0.2, 0.25) is 11.7 Å². The minimum Gasteiger partial charge on any atom is -0.379 e. The summed E-state index contributed by atoms with van der Waals surface area (Å²) in [5.41, 5.74) is 0.903. The number of rotatable bonds is 8. The molecule has 2 N–H and O–H groups in total. The number of aromatic nitrogens is 3. The Bertz CT molecular complexity index is 1110. The molecule has 10 nitrogen and oxygen atoms in total. The van der Waals surface area contributed by atoms with E-state index in [1.165, 1.54) is 24.4 Å². The highest BCUT2D eigenvalue weighted by atomic mass is 16.6. The summed E-state index contributed by atoms with van der Waals surface area (Å²) in [6.07, 6.45) is 3.19. The largest absolute Gasteiger partial charge is 0.379 e. The second kappa shape index (κ2) is 8.95.